The molecule has 0 bridgehead atoms. The number of amides is 1. The standard InChI is InChI=1S/C15H14F3NO3S/c1-21-6-7-22-12-5-4-10(15(16,17)18)9-11(12)19-14(20)13-3-2-8-23-13/h2-5,8-9H,6-7H2,1H3,(H,19,20). The Balaban J connectivity index is 2.26. The highest BCUT2D eigenvalue weighted by atomic mass is 32.1. The van der Waals surface area contributed by atoms with E-state index in [-0.39, 0.29) is 24.7 Å². The van der Waals surface area contributed by atoms with Crippen LogP contribution in [0.25, 0.3) is 0 Å². The van der Waals surface area contributed by atoms with Crippen LogP contribution < -0.4 is 10.1 Å². The van der Waals surface area contributed by atoms with Crippen molar-refractivity contribution in [3.05, 3.63) is 46.2 Å². The molecule has 0 aliphatic carbocycles. The van der Waals surface area contributed by atoms with Crippen LogP contribution in [0.15, 0.2) is 35.7 Å². The maximum Gasteiger partial charge on any atom is 0.416 e. The summed E-state index contributed by atoms with van der Waals surface area (Å²) in [6.45, 7) is 0.434. The molecular weight excluding hydrogens is 331 g/mol. The van der Waals surface area contributed by atoms with Crippen molar-refractivity contribution in [3.63, 3.8) is 0 Å². The SMILES string of the molecule is COCCOc1ccc(C(F)(F)F)cc1NC(=O)c1cccs1. The first-order valence-electron chi connectivity index (χ1n) is 6.59. The summed E-state index contributed by atoms with van der Waals surface area (Å²) in [4.78, 5) is 12.4. The lowest BCUT2D eigenvalue weighted by molar-refractivity contribution is -0.137. The molecule has 0 fully saturated rings. The van der Waals surface area contributed by atoms with E-state index in [0.717, 1.165) is 12.1 Å². The highest BCUT2D eigenvalue weighted by molar-refractivity contribution is 7.12. The van der Waals surface area contributed by atoms with Crippen molar-refractivity contribution in [2.75, 3.05) is 25.6 Å². The van der Waals surface area contributed by atoms with E-state index < -0.39 is 17.6 Å². The molecule has 0 spiro atoms. The Morgan fingerprint density at radius 1 is 1.26 bits per heavy atom. The first-order chi connectivity index (χ1) is 10.9. The third kappa shape index (κ3) is 4.70. The third-order valence-electron chi connectivity index (χ3n) is 2.85. The maximum atomic E-state index is 12.8. The molecule has 0 saturated carbocycles. The lowest BCUT2D eigenvalue weighted by Crippen LogP contribution is -2.14. The monoisotopic (exact) mass is 345 g/mol. The van der Waals surface area contributed by atoms with Gasteiger partial charge in [-0.05, 0) is 29.6 Å². The van der Waals surface area contributed by atoms with Gasteiger partial charge in [0, 0.05) is 7.11 Å². The van der Waals surface area contributed by atoms with Crippen LogP contribution in [0, 0.1) is 0 Å². The fourth-order valence-corrected chi connectivity index (χ4v) is 2.38. The third-order valence-corrected chi connectivity index (χ3v) is 3.71. The van der Waals surface area contributed by atoms with Crippen molar-refractivity contribution in [3.8, 4) is 5.75 Å². The van der Waals surface area contributed by atoms with Crippen molar-refractivity contribution < 1.29 is 27.4 Å². The minimum Gasteiger partial charge on any atom is -0.489 e. The number of nitrogens with one attached hydrogen (secondary N) is 1. The van der Waals surface area contributed by atoms with Crippen LogP contribution in [0.3, 0.4) is 0 Å². The number of halogens is 3. The summed E-state index contributed by atoms with van der Waals surface area (Å²) in [6.07, 6.45) is -4.51. The second-order valence-electron chi connectivity index (χ2n) is 4.48. The molecule has 0 saturated heterocycles. The van der Waals surface area contributed by atoms with Crippen LogP contribution in [-0.4, -0.2) is 26.2 Å². The summed E-state index contributed by atoms with van der Waals surface area (Å²) < 4.78 is 48.7. The summed E-state index contributed by atoms with van der Waals surface area (Å²) in [5, 5.41) is 4.16. The molecule has 4 nitrogen and oxygen atoms in total. The average molecular weight is 345 g/mol. The Hall–Kier alpha value is -2.06. The van der Waals surface area contributed by atoms with Gasteiger partial charge >= 0.3 is 6.18 Å². The van der Waals surface area contributed by atoms with E-state index in [2.05, 4.69) is 5.32 Å². The van der Waals surface area contributed by atoms with E-state index in [1.54, 1.807) is 17.5 Å². The van der Waals surface area contributed by atoms with Crippen LogP contribution in [0.5, 0.6) is 5.75 Å². The van der Waals surface area contributed by atoms with E-state index in [9.17, 15) is 18.0 Å². The fourth-order valence-electron chi connectivity index (χ4n) is 1.76. The molecule has 1 aromatic carbocycles. The van der Waals surface area contributed by atoms with Gasteiger partial charge in [0.1, 0.15) is 12.4 Å². The Morgan fingerprint density at radius 2 is 2.04 bits per heavy atom. The van der Waals surface area contributed by atoms with Gasteiger partial charge < -0.3 is 14.8 Å². The summed E-state index contributed by atoms with van der Waals surface area (Å²) in [5.74, 6) is -0.337. The Bertz CT molecular complexity index is 656. The number of benzene rings is 1. The zero-order valence-corrected chi connectivity index (χ0v) is 13.0. The number of ether oxygens (including phenoxy) is 2. The lowest BCUT2D eigenvalue weighted by Gasteiger charge is -2.15. The molecule has 0 aliphatic heterocycles. The molecule has 2 rings (SSSR count). The van der Waals surface area contributed by atoms with E-state index in [0.29, 0.717) is 4.88 Å². The highest BCUT2D eigenvalue weighted by Crippen LogP contribution is 2.35. The first kappa shape index (κ1) is 17.3. The summed E-state index contributed by atoms with van der Waals surface area (Å²) in [6, 6.07) is 6.21. The number of hydrogen-bond acceptors (Lipinski definition) is 4. The number of alkyl halides is 3. The molecule has 124 valence electrons. The number of carbonyl (C=O) groups is 1. The van der Waals surface area contributed by atoms with Crippen LogP contribution in [-0.2, 0) is 10.9 Å². The predicted octanol–water partition coefficient (Wildman–Crippen LogP) is 4.04. The molecule has 8 heteroatoms. The van der Waals surface area contributed by atoms with Crippen molar-refractivity contribution in [2.45, 2.75) is 6.18 Å². The number of anilines is 1. The predicted molar refractivity (Wildman–Crippen MR) is 81.1 cm³/mol. The average Bonchev–Trinajstić information content (AvgIpc) is 3.02. The first-order valence-corrected chi connectivity index (χ1v) is 7.47. The number of hydrogen-bond donors (Lipinski definition) is 1. The van der Waals surface area contributed by atoms with Gasteiger partial charge in [-0.25, -0.2) is 0 Å². The van der Waals surface area contributed by atoms with Gasteiger partial charge in [0.05, 0.1) is 22.7 Å². The number of methoxy groups -OCH3 is 1. The number of carbonyl (C=O) groups excluding carboxylic acids is 1. The molecule has 0 aliphatic rings. The topological polar surface area (TPSA) is 47.6 Å². The van der Waals surface area contributed by atoms with E-state index in [4.69, 9.17) is 9.47 Å². The summed E-state index contributed by atoms with van der Waals surface area (Å²) in [5.41, 5.74) is -0.896. The molecule has 0 atom stereocenters. The molecule has 0 radical (unpaired) electrons. The zero-order valence-electron chi connectivity index (χ0n) is 12.1. The van der Waals surface area contributed by atoms with E-state index in [1.165, 1.54) is 24.5 Å². The van der Waals surface area contributed by atoms with Crippen LogP contribution in [0.4, 0.5) is 18.9 Å². The van der Waals surface area contributed by atoms with Gasteiger partial charge in [0.25, 0.3) is 5.91 Å². The van der Waals surface area contributed by atoms with Gasteiger partial charge in [-0.2, -0.15) is 13.2 Å². The molecule has 23 heavy (non-hydrogen) atoms. The van der Waals surface area contributed by atoms with Crippen LogP contribution >= 0.6 is 11.3 Å². The smallest absolute Gasteiger partial charge is 0.416 e. The van der Waals surface area contributed by atoms with Gasteiger partial charge in [0.2, 0.25) is 0 Å². The molecule has 1 heterocycles. The van der Waals surface area contributed by atoms with E-state index in [1.807, 2.05) is 0 Å². The van der Waals surface area contributed by atoms with Crippen molar-refractivity contribution in [1.82, 2.24) is 0 Å². The minimum atomic E-state index is -4.51. The molecule has 2 aromatic rings. The second kappa shape index (κ2) is 7.47. The van der Waals surface area contributed by atoms with Crippen LogP contribution in [0.1, 0.15) is 15.2 Å². The van der Waals surface area contributed by atoms with Crippen molar-refractivity contribution in [2.24, 2.45) is 0 Å². The fraction of sp³-hybridized carbons (Fsp3) is 0.267. The minimum absolute atomic E-state index is 0.0330. The van der Waals surface area contributed by atoms with Crippen molar-refractivity contribution >= 4 is 22.9 Å². The van der Waals surface area contributed by atoms with Gasteiger partial charge in [0.15, 0.2) is 0 Å². The van der Waals surface area contributed by atoms with Gasteiger partial charge in [-0.15, -0.1) is 11.3 Å². The number of rotatable bonds is 6. The molecule has 1 amide bonds. The normalized spacial score (nSPS) is 11.3. The van der Waals surface area contributed by atoms with Gasteiger partial charge in [-0.1, -0.05) is 6.07 Å². The van der Waals surface area contributed by atoms with Crippen LogP contribution in [0.2, 0.25) is 0 Å². The van der Waals surface area contributed by atoms with E-state index >= 15 is 0 Å². The summed E-state index contributed by atoms with van der Waals surface area (Å²) in [7, 11) is 1.48. The molecule has 0 unspecified atom stereocenters. The largest absolute Gasteiger partial charge is 0.489 e. The Kier molecular flexibility index (Phi) is 5.62. The van der Waals surface area contributed by atoms with Gasteiger partial charge in [-0.3, -0.25) is 4.79 Å². The number of thiophene rings is 1. The highest BCUT2D eigenvalue weighted by Gasteiger charge is 2.31. The summed E-state index contributed by atoms with van der Waals surface area (Å²) >= 11 is 1.19. The zero-order chi connectivity index (χ0) is 16.9. The molecule has 1 N–H and O–H groups in total. The Labute approximate surface area is 134 Å². The maximum absolute atomic E-state index is 12.8. The lowest BCUT2D eigenvalue weighted by atomic mass is 10.1. The Morgan fingerprint density at radius 3 is 2.65 bits per heavy atom. The molecular formula is C15H14F3NO3S. The second-order valence-corrected chi connectivity index (χ2v) is 5.43. The molecule has 1 aromatic heterocycles. The van der Waals surface area contributed by atoms with Crippen molar-refractivity contribution in [1.29, 1.82) is 0 Å². The quantitative estimate of drug-likeness (QED) is 0.804.